The summed E-state index contributed by atoms with van der Waals surface area (Å²) in [5, 5.41) is 4.42. The van der Waals surface area contributed by atoms with E-state index in [1.54, 1.807) is 18.2 Å². The molecule has 0 amide bonds. The molecule has 1 unspecified atom stereocenters. The van der Waals surface area contributed by atoms with Crippen LogP contribution in [0.4, 0.5) is 4.39 Å². The van der Waals surface area contributed by atoms with Gasteiger partial charge in [-0.05, 0) is 42.3 Å². The van der Waals surface area contributed by atoms with Gasteiger partial charge in [0.15, 0.2) is 0 Å². The molecule has 0 aliphatic heterocycles. The number of hydrogen-bond donors (Lipinski definition) is 1. The molecule has 0 aliphatic carbocycles. The van der Waals surface area contributed by atoms with E-state index in [-0.39, 0.29) is 11.9 Å². The minimum atomic E-state index is -0.213. The highest BCUT2D eigenvalue weighted by atomic mass is 79.9. The Bertz CT molecular complexity index is 634. The van der Waals surface area contributed by atoms with Crippen molar-refractivity contribution in [1.29, 1.82) is 0 Å². The van der Waals surface area contributed by atoms with Crippen LogP contribution < -0.4 is 5.32 Å². The van der Waals surface area contributed by atoms with Crippen LogP contribution in [0.1, 0.15) is 30.5 Å². The average Bonchev–Trinajstić information content (AvgIpc) is 2.46. The zero-order valence-electron chi connectivity index (χ0n) is 11.5. The van der Waals surface area contributed by atoms with E-state index < -0.39 is 0 Å². The Morgan fingerprint density at radius 2 is 1.90 bits per heavy atom. The lowest BCUT2D eigenvalue weighted by Crippen LogP contribution is -2.21. The second-order valence-electron chi connectivity index (χ2n) is 4.75. The first-order chi connectivity index (χ1) is 10.0. The van der Waals surface area contributed by atoms with Crippen molar-refractivity contribution in [2.45, 2.75) is 25.9 Å². The van der Waals surface area contributed by atoms with E-state index in [9.17, 15) is 4.39 Å². The Kier molecular flexibility index (Phi) is 6.06. The van der Waals surface area contributed by atoms with E-state index in [2.05, 4.69) is 28.2 Å². The van der Waals surface area contributed by atoms with Gasteiger partial charge in [-0.2, -0.15) is 0 Å². The molecule has 0 bridgehead atoms. The van der Waals surface area contributed by atoms with Crippen LogP contribution in [0.5, 0.6) is 0 Å². The highest BCUT2D eigenvalue weighted by molar-refractivity contribution is 9.10. The van der Waals surface area contributed by atoms with Crippen molar-refractivity contribution in [2.75, 3.05) is 0 Å². The molecule has 21 heavy (non-hydrogen) atoms. The molecular formula is C16H15BrCl2FN. The SMILES string of the molecule is CCC(NCc1cc(Br)ccc1F)c1ccc(Cl)c(Cl)c1. The standard InChI is InChI=1S/C16H15BrCl2FN/c1-2-16(10-3-5-13(18)14(19)8-10)21-9-11-7-12(17)4-6-15(11)20/h3-8,16,21H,2,9H2,1H3. The van der Waals surface area contributed by atoms with Gasteiger partial charge in [0.05, 0.1) is 10.0 Å². The fourth-order valence-corrected chi connectivity index (χ4v) is 2.85. The third-order valence-electron chi connectivity index (χ3n) is 3.30. The number of halogens is 4. The predicted molar refractivity (Wildman–Crippen MR) is 90.4 cm³/mol. The smallest absolute Gasteiger partial charge is 0.127 e. The predicted octanol–water partition coefficient (Wildman–Crippen LogP) is 6.14. The van der Waals surface area contributed by atoms with Crippen LogP contribution in [0, 0.1) is 5.82 Å². The molecule has 1 atom stereocenters. The zero-order valence-corrected chi connectivity index (χ0v) is 14.6. The van der Waals surface area contributed by atoms with Crippen molar-refractivity contribution >= 4 is 39.1 Å². The van der Waals surface area contributed by atoms with Gasteiger partial charge in [-0.1, -0.05) is 52.1 Å². The summed E-state index contributed by atoms with van der Waals surface area (Å²) in [4.78, 5) is 0. The van der Waals surface area contributed by atoms with Gasteiger partial charge in [0, 0.05) is 22.6 Å². The van der Waals surface area contributed by atoms with Crippen LogP contribution in [-0.4, -0.2) is 0 Å². The fraction of sp³-hybridized carbons (Fsp3) is 0.250. The molecule has 0 saturated carbocycles. The molecule has 1 nitrogen and oxygen atoms in total. The van der Waals surface area contributed by atoms with Gasteiger partial charge in [-0.25, -0.2) is 4.39 Å². The van der Waals surface area contributed by atoms with Gasteiger partial charge < -0.3 is 5.32 Å². The molecule has 112 valence electrons. The summed E-state index contributed by atoms with van der Waals surface area (Å²) >= 11 is 15.3. The summed E-state index contributed by atoms with van der Waals surface area (Å²) in [5.41, 5.74) is 1.67. The molecule has 0 radical (unpaired) electrons. The van der Waals surface area contributed by atoms with Crippen molar-refractivity contribution in [3.05, 3.63) is 67.9 Å². The first-order valence-electron chi connectivity index (χ1n) is 6.63. The number of nitrogens with one attached hydrogen (secondary N) is 1. The quantitative estimate of drug-likeness (QED) is 0.646. The van der Waals surface area contributed by atoms with Gasteiger partial charge in [0.25, 0.3) is 0 Å². The molecule has 0 fully saturated rings. The Morgan fingerprint density at radius 3 is 2.57 bits per heavy atom. The van der Waals surface area contributed by atoms with Crippen LogP contribution in [-0.2, 0) is 6.54 Å². The van der Waals surface area contributed by atoms with E-state index in [0.29, 0.717) is 22.2 Å². The van der Waals surface area contributed by atoms with Crippen LogP contribution >= 0.6 is 39.1 Å². The maximum absolute atomic E-state index is 13.7. The Balaban J connectivity index is 2.12. The summed E-state index contributed by atoms with van der Waals surface area (Å²) < 4.78 is 14.6. The fourth-order valence-electron chi connectivity index (χ4n) is 2.14. The minimum Gasteiger partial charge on any atom is -0.306 e. The monoisotopic (exact) mass is 389 g/mol. The Labute approximate surface area is 142 Å². The first-order valence-corrected chi connectivity index (χ1v) is 8.18. The van der Waals surface area contributed by atoms with Crippen molar-refractivity contribution in [3.63, 3.8) is 0 Å². The number of benzene rings is 2. The van der Waals surface area contributed by atoms with E-state index in [1.807, 2.05) is 12.1 Å². The van der Waals surface area contributed by atoms with Crippen molar-refractivity contribution in [2.24, 2.45) is 0 Å². The van der Waals surface area contributed by atoms with Crippen LogP contribution in [0.3, 0.4) is 0 Å². The van der Waals surface area contributed by atoms with E-state index in [4.69, 9.17) is 23.2 Å². The molecule has 0 spiro atoms. The molecule has 1 N–H and O–H groups in total. The Hall–Kier alpha value is -0.610. The summed E-state index contributed by atoms with van der Waals surface area (Å²) in [6.45, 7) is 2.52. The Morgan fingerprint density at radius 1 is 1.14 bits per heavy atom. The van der Waals surface area contributed by atoms with Crippen molar-refractivity contribution < 1.29 is 4.39 Å². The van der Waals surface area contributed by atoms with Gasteiger partial charge in [0.2, 0.25) is 0 Å². The van der Waals surface area contributed by atoms with E-state index in [1.165, 1.54) is 6.07 Å². The molecule has 5 heteroatoms. The van der Waals surface area contributed by atoms with Gasteiger partial charge in [-0.3, -0.25) is 0 Å². The van der Waals surface area contributed by atoms with Crippen LogP contribution in [0.15, 0.2) is 40.9 Å². The summed E-state index contributed by atoms with van der Waals surface area (Å²) in [6.07, 6.45) is 0.869. The summed E-state index contributed by atoms with van der Waals surface area (Å²) in [7, 11) is 0. The molecule has 0 aliphatic rings. The van der Waals surface area contributed by atoms with Crippen molar-refractivity contribution in [1.82, 2.24) is 5.32 Å². The topological polar surface area (TPSA) is 12.0 Å². The second-order valence-corrected chi connectivity index (χ2v) is 6.48. The van der Waals surface area contributed by atoms with E-state index in [0.717, 1.165) is 16.5 Å². The largest absolute Gasteiger partial charge is 0.306 e. The minimum absolute atomic E-state index is 0.0955. The number of rotatable bonds is 5. The zero-order chi connectivity index (χ0) is 15.4. The van der Waals surface area contributed by atoms with Gasteiger partial charge >= 0.3 is 0 Å². The van der Waals surface area contributed by atoms with Crippen molar-refractivity contribution in [3.8, 4) is 0 Å². The number of hydrogen-bond acceptors (Lipinski definition) is 1. The third-order valence-corrected chi connectivity index (χ3v) is 4.53. The van der Waals surface area contributed by atoms with Gasteiger partial charge in [0.1, 0.15) is 5.82 Å². The first kappa shape index (κ1) is 16.8. The normalized spacial score (nSPS) is 12.4. The average molecular weight is 391 g/mol. The molecule has 0 saturated heterocycles. The molecule has 2 aromatic rings. The lowest BCUT2D eigenvalue weighted by Gasteiger charge is -2.18. The molecule has 2 aromatic carbocycles. The highest BCUT2D eigenvalue weighted by Crippen LogP contribution is 2.27. The molecule has 0 aromatic heterocycles. The lowest BCUT2D eigenvalue weighted by molar-refractivity contribution is 0.504. The maximum Gasteiger partial charge on any atom is 0.127 e. The lowest BCUT2D eigenvalue weighted by atomic mass is 10.0. The summed E-state index contributed by atoms with van der Waals surface area (Å²) in [5.74, 6) is -0.213. The molecule has 2 rings (SSSR count). The summed E-state index contributed by atoms with van der Waals surface area (Å²) in [6, 6.07) is 10.6. The van der Waals surface area contributed by atoms with E-state index >= 15 is 0 Å². The van der Waals surface area contributed by atoms with Crippen LogP contribution in [0.25, 0.3) is 0 Å². The van der Waals surface area contributed by atoms with Crippen LogP contribution in [0.2, 0.25) is 10.0 Å². The molecule has 0 heterocycles. The van der Waals surface area contributed by atoms with Gasteiger partial charge in [-0.15, -0.1) is 0 Å². The third kappa shape index (κ3) is 4.43. The second kappa shape index (κ2) is 7.59. The highest BCUT2D eigenvalue weighted by Gasteiger charge is 2.12. The maximum atomic E-state index is 13.7. The molecular weight excluding hydrogens is 376 g/mol.